The Morgan fingerprint density at radius 3 is 2.42 bits per heavy atom. The third-order valence-electron chi connectivity index (χ3n) is 6.47. The van der Waals surface area contributed by atoms with E-state index in [0.717, 1.165) is 0 Å². The molecule has 2 saturated heterocycles. The van der Waals surface area contributed by atoms with Gasteiger partial charge < -0.3 is 25.2 Å². The molecule has 11 heteroatoms. The van der Waals surface area contributed by atoms with Crippen molar-refractivity contribution in [3.8, 4) is 0 Å². The Morgan fingerprint density at radius 2 is 1.83 bits per heavy atom. The molecule has 0 aromatic heterocycles. The van der Waals surface area contributed by atoms with Crippen molar-refractivity contribution in [2.75, 3.05) is 42.8 Å². The molecule has 2 aliphatic rings. The summed E-state index contributed by atoms with van der Waals surface area (Å²) in [6.07, 6.45) is -0.0804. The highest BCUT2D eigenvalue weighted by Crippen LogP contribution is 2.33. The number of rotatable bonds is 5. The Morgan fingerprint density at radius 1 is 1.14 bits per heavy atom. The van der Waals surface area contributed by atoms with Crippen LogP contribution in [0.1, 0.15) is 20.3 Å². The smallest absolute Gasteiger partial charge is 0.324 e. The lowest BCUT2D eigenvalue weighted by Crippen LogP contribution is -2.45. The molecule has 2 aromatic carbocycles. The number of hydrogen-bond donors (Lipinski definition) is 2. The number of ether oxygens (including phenoxy) is 1. The van der Waals surface area contributed by atoms with Gasteiger partial charge in [-0.05, 0) is 56.3 Å². The van der Waals surface area contributed by atoms with Crippen molar-refractivity contribution in [1.29, 1.82) is 0 Å². The molecule has 2 fully saturated rings. The molecule has 4 rings (SSSR count). The van der Waals surface area contributed by atoms with Crippen LogP contribution in [0.4, 0.5) is 31.0 Å². The molecular formula is C25H29ClFN5O4. The number of nitrogens with one attached hydrogen (secondary N) is 2. The van der Waals surface area contributed by atoms with E-state index in [-0.39, 0.29) is 30.8 Å². The van der Waals surface area contributed by atoms with E-state index in [2.05, 4.69) is 10.6 Å². The maximum Gasteiger partial charge on any atom is 0.324 e. The summed E-state index contributed by atoms with van der Waals surface area (Å²) in [5.41, 5.74) is 0.366. The third kappa shape index (κ3) is 5.10. The zero-order chi connectivity index (χ0) is 26.2. The van der Waals surface area contributed by atoms with E-state index < -0.39 is 29.3 Å². The number of likely N-dealkylation sites (N-methyl/N-ethyl adjacent to an activating group) is 1. The van der Waals surface area contributed by atoms with E-state index >= 15 is 4.39 Å². The molecule has 0 unspecified atom stereocenters. The van der Waals surface area contributed by atoms with E-state index in [0.29, 0.717) is 22.9 Å². The van der Waals surface area contributed by atoms with Crippen LogP contribution in [-0.4, -0.2) is 72.7 Å². The molecule has 2 aliphatic heterocycles. The van der Waals surface area contributed by atoms with Gasteiger partial charge >= 0.3 is 12.1 Å². The molecule has 2 atom stereocenters. The molecule has 9 nitrogen and oxygen atoms in total. The second-order valence-electron chi connectivity index (χ2n) is 9.64. The van der Waals surface area contributed by atoms with Gasteiger partial charge in [0.25, 0.3) is 0 Å². The molecule has 0 bridgehead atoms. The van der Waals surface area contributed by atoms with E-state index in [4.69, 9.17) is 16.3 Å². The zero-order valence-corrected chi connectivity index (χ0v) is 21.3. The highest BCUT2D eigenvalue weighted by Gasteiger charge is 2.43. The van der Waals surface area contributed by atoms with Crippen LogP contribution < -0.4 is 15.5 Å². The van der Waals surface area contributed by atoms with Crippen LogP contribution >= 0.6 is 11.6 Å². The summed E-state index contributed by atoms with van der Waals surface area (Å²) in [6, 6.07) is 9.26. The van der Waals surface area contributed by atoms with Crippen molar-refractivity contribution in [3.05, 3.63) is 53.3 Å². The average Bonchev–Trinajstić information content (AvgIpc) is 3.35. The van der Waals surface area contributed by atoms with E-state index in [1.54, 1.807) is 42.3 Å². The van der Waals surface area contributed by atoms with Gasteiger partial charge in [-0.1, -0.05) is 11.6 Å². The second-order valence-corrected chi connectivity index (χ2v) is 10.1. The van der Waals surface area contributed by atoms with Crippen molar-refractivity contribution in [2.24, 2.45) is 0 Å². The number of nitrogens with zero attached hydrogens (tertiary/aromatic N) is 3. The van der Waals surface area contributed by atoms with Gasteiger partial charge in [0.15, 0.2) is 0 Å². The fourth-order valence-corrected chi connectivity index (χ4v) is 4.86. The highest BCUT2D eigenvalue weighted by molar-refractivity contribution is 6.30. The van der Waals surface area contributed by atoms with Crippen molar-refractivity contribution in [1.82, 2.24) is 9.80 Å². The molecule has 0 aliphatic carbocycles. The largest absolute Gasteiger partial charge is 0.380 e. The van der Waals surface area contributed by atoms with Gasteiger partial charge in [-0.15, -0.1) is 0 Å². The number of carbonyl (C=O) groups is 3. The first-order chi connectivity index (χ1) is 17.0. The first-order valence-electron chi connectivity index (χ1n) is 11.5. The molecule has 5 amide bonds. The summed E-state index contributed by atoms with van der Waals surface area (Å²) in [6.45, 7) is 4.51. The molecule has 2 heterocycles. The number of methoxy groups -OCH3 is 1. The summed E-state index contributed by atoms with van der Waals surface area (Å²) in [4.78, 5) is 43.1. The lowest BCUT2D eigenvalue weighted by Gasteiger charge is -2.30. The molecule has 0 saturated carbocycles. The number of carbonyl (C=O) groups excluding carboxylic acids is 3. The summed E-state index contributed by atoms with van der Waals surface area (Å²) < 4.78 is 20.4. The Kier molecular flexibility index (Phi) is 7.10. The molecule has 0 spiro atoms. The molecular weight excluding hydrogens is 489 g/mol. The minimum Gasteiger partial charge on any atom is -0.380 e. The Hall–Kier alpha value is -3.37. The maximum atomic E-state index is 15.1. The van der Waals surface area contributed by atoms with Crippen LogP contribution in [0.5, 0.6) is 0 Å². The number of amides is 5. The summed E-state index contributed by atoms with van der Waals surface area (Å²) >= 11 is 5.90. The number of urea groups is 2. The molecule has 192 valence electrons. The Labute approximate surface area is 214 Å². The highest BCUT2D eigenvalue weighted by atomic mass is 35.5. The van der Waals surface area contributed by atoms with Crippen molar-refractivity contribution >= 4 is 46.6 Å². The molecule has 36 heavy (non-hydrogen) atoms. The van der Waals surface area contributed by atoms with E-state index in [1.165, 1.54) is 29.0 Å². The van der Waals surface area contributed by atoms with Gasteiger partial charge in [0.05, 0.1) is 17.3 Å². The van der Waals surface area contributed by atoms with E-state index in [1.807, 2.05) is 13.8 Å². The predicted octanol–water partition coefficient (Wildman–Crippen LogP) is 4.39. The Balaban J connectivity index is 1.49. The minimum atomic E-state index is -0.867. The van der Waals surface area contributed by atoms with E-state index in [9.17, 15) is 14.4 Å². The lowest BCUT2D eigenvalue weighted by atomic mass is 10.0. The first kappa shape index (κ1) is 25.7. The van der Waals surface area contributed by atoms with Crippen LogP contribution in [0.15, 0.2) is 42.5 Å². The van der Waals surface area contributed by atoms with Gasteiger partial charge in [0.1, 0.15) is 11.9 Å². The average molecular weight is 518 g/mol. The van der Waals surface area contributed by atoms with Gasteiger partial charge in [-0.3, -0.25) is 9.69 Å². The zero-order valence-electron chi connectivity index (χ0n) is 20.5. The number of benzene rings is 2. The lowest BCUT2D eigenvalue weighted by molar-refractivity contribution is -0.119. The van der Waals surface area contributed by atoms with Crippen LogP contribution in [0.2, 0.25) is 5.02 Å². The maximum absolute atomic E-state index is 15.1. The number of likely N-dealkylation sites (tertiary alicyclic amines) is 1. The molecule has 0 radical (unpaired) electrons. The SMILES string of the molecule is CO[C@@H]1C[C@H](C(=O)Nc2ccc(N3C(=O)N(C)CC3(C)C)cc2F)N(C(=O)Nc2ccc(Cl)cc2)C1. The topological polar surface area (TPSA) is 94.2 Å². The standard InChI is InChI=1S/C25H29ClFN5O4/c1-25(2)14-30(3)24(35)32(25)17-9-10-20(19(27)11-17)29-22(33)21-12-18(36-4)13-31(21)23(34)28-16-7-5-15(26)6-8-16/h5-11,18,21H,12-14H2,1-4H3,(H,28,34)(H,29,33)/t18-,21-/m1/s1. The number of halogens is 2. The monoisotopic (exact) mass is 517 g/mol. The fourth-order valence-electron chi connectivity index (χ4n) is 4.74. The fraction of sp³-hybridized carbons (Fsp3) is 0.400. The van der Waals surface area contributed by atoms with Gasteiger partial charge in [-0.25, -0.2) is 14.0 Å². The van der Waals surface area contributed by atoms with Gasteiger partial charge in [0.2, 0.25) is 5.91 Å². The number of hydrogen-bond acceptors (Lipinski definition) is 4. The second kappa shape index (κ2) is 9.94. The van der Waals surface area contributed by atoms with Crippen LogP contribution in [-0.2, 0) is 9.53 Å². The predicted molar refractivity (Wildman–Crippen MR) is 136 cm³/mol. The Bertz CT molecular complexity index is 1180. The summed E-state index contributed by atoms with van der Waals surface area (Å²) in [5.74, 6) is -1.22. The van der Waals surface area contributed by atoms with Gasteiger partial charge in [0, 0.05) is 50.1 Å². The third-order valence-corrected chi connectivity index (χ3v) is 6.72. The molecule has 2 aromatic rings. The van der Waals surface area contributed by atoms with Crippen molar-refractivity contribution in [2.45, 2.75) is 38.0 Å². The minimum absolute atomic E-state index is 0.0412. The molecule has 2 N–H and O–H groups in total. The normalized spacial score (nSPS) is 21.2. The quantitative estimate of drug-likeness (QED) is 0.615. The van der Waals surface area contributed by atoms with Crippen LogP contribution in [0.3, 0.4) is 0 Å². The summed E-state index contributed by atoms with van der Waals surface area (Å²) in [7, 11) is 3.20. The van der Waals surface area contributed by atoms with Crippen LogP contribution in [0.25, 0.3) is 0 Å². The summed E-state index contributed by atoms with van der Waals surface area (Å²) in [5, 5.41) is 5.87. The van der Waals surface area contributed by atoms with Crippen molar-refractivity contribution in [3.63, 3.8) is 0 Å². The first-order valence-corrected chi connectivity index (χ1v) is 11.9. The number of anilines is 3. The van der Waals surface area contributed by atoms with Crippen molar-refractivity contribution < 1.29 is 23.5 Å². The van der Waals surface area contributed by atoms with Crippen LogP contribution in [0, 0.1) is 5.82 Å². The van der Waals surface area contributed by atoms with Gasteiger partial charge in [-0.2, -0.15) is 0 Å².